The Morgan fingerprint density at radius 1 is 1.35 bits per heavy atom. The van der Waals surface area contributed by atoms with E-state index in [4.69, 9.17) is 25.8 Å². The summed E-state index contributed by atoms with van der Waals surface area (Å²) in [5.41, 5.74) is 0. The lowest BCUT2D eigenvalue weighted by molar-refractivity contribution is -0.128. The van der Waals surface area contributed by atoms with Gasteiger partial charge in [0, 0.05) is 32.6 Å². The predicted octanol–water partition coefficient (Wildman–Crippen LogP) is 2.81. The molecule has 1 fully saturated rings. The van der Waals surface area contributed by atoms with Gasteiger partial charge in [0.2, 0.25) is 0 Å². The average molecular weight is 319 g/mol. The van der Waals surface area contributed by atoms with Crippen molar-refractivity contribution in [3.05, 3.63) is 0 Å². The summed E-state index contributed by atoms with van der Waals surface area (Å²) in [7, 11) is 2.34. The lowest BCUT2D eigenvalue weighted by Gasteiger charge is -2.51. The van der Waals surface area contributed by atoms with Gasteiger partial charge in [0.05, 0.1) is 5.92 Å². The zero-order valence-corrected chi connectivity index (χ0v) is 15.0. The minimum absolute atomic E-state index is 0.135. The van der Waals surface area contributed by atoms with Crippen molar-refractivity contribution >= 4 is 31.4 Å². The van der Waals surface area contributed by atoms with Gasteiger partial charge in [0.1, 0.15) is 11.0 Å². The van der Waals surface area contributed by atoms with E-state index in [1.165, 1.54) is 0 Å². The van der Waals surface area contributed by atoms with E-state index in [1.807, 2.05) is 6.92 Å². The van der Waals surface area contributed by atoms with E-state index in [0.717, 1.165) is 23.8 Å². The fraction of sp³-hybridized carbons (Fsp3) is 0.857. The van der Waals surface area contributed by atoms with Crippen LogP contribution in [-0.2, 0) is 18.4 Å². The first-order valence-corrected chi connectivity index (χ1v) is 9.62. The van der Waals surface area contributed by atoms with E-state index in [-0.39, 0.29) is 11.7 Å². The molecule has 0 N–H and O–H groups in total. The van der Waals surface area contributed by atoms with Crippen molar-refractivity contribution in [3.8, 4) is 0 Å². The van der Waals surface area contributed by atoms with Crippen LogP contribution in [0.3, 0.4) is 0 Å². The molecular formula is C14H26O4SSi. The first-order valence-electron chi connectivity index (χ1n) is 7.19. The van der Waals surface area contributed by atoms with Crippen LogP contribution in [0.15, 0.2) is 0 Å². The molecule has 0 bridgehead atoms. The first kappa shape index (κ1) is 17.9. The standard InChI is InChI=1S/C14H26O4SSi/c1-6-9-14(16-3)13(11(15)7-2)12(19)8-10-20(14,17-4)18-5/h13H,6-10H2,1-5H3. The second kappa shape index (κ2) is 7.22. The molecule has 0 saturated carbocycles. The summed E-state index contributed by atoms with van der Waals surface area (Å²) in [6.45, 7) is 3.95. The van der Waals surface area contributed by atoms with Crippen LogP contribution in [0.5, 0.6) is 0 Å². The fourth-order valence-electron chi connectivity index (χ4n) is 3.48. The van der Waals surface area contributed by atoms with Crippen LogP contribution < -0.4 is 0 Å². The lowest BCUT2D eigenvalue weighted by atomic mass is 9.87. The van der Waals surface area contributed by atoms with Crippen molar-refractivity contribution in [2.24, 2.45) is 5.92 Å². The van der Waals surface area contributed by atoms with Gasteiger partial charge >= 0.3 is 8.56 Å². The third-order valence-corrected chi connectivity index (χ3v) is 9.15. The molecule has 0 aromatic heterocycles. The van der Waals surface area contributed by atoms with Gasteiger partial charge in [-0.2, -0.15) is 0 Å². The van der Waals surface area contributed by atoms with Crippen LogP contribution in [0.2, 0.25) is 6.04 Å². The van der Waals surface area contributed by atoms with Crippen LogP contribution in [0, 0.1) is 5.92 Å². The van der Waals surface area contributed by atoms with Gasteiger partial charge in [-0.25, -0.2) is 0 Å². The molecule has 0 aromatic rings. The Balaban J connectivity index is 3.42. The summed E-state index contributed by atoms with van der Waals surface area (Å²) >= 11 is 5.51. The number of ketones is 1. The number of hydrogen-bond acceptors (Lipinski definition) is 5. The van der Waals surface area contributed by atoms with E-state index in [0.29, 0.717) is 12.8 Å². The third-order valence-electron chi connectivity index (χ3n) is 4.45. The number of thiocarbonyl (C=S) groups is 1. The Morgan fingerprint density at radius 3 is 2.35 bits per heavy atom. The molecule has 2 unspecified atom stereocenters. The van der Waals surface area contributed by atoms with E-state index in [1.54, 1.807) is 21.3 Å². The quantitative estimate of drug-likeness (QED) is 0.533. The molecule has 1 saturated heterocycles. The van der Waals surface area contributed by atoms with Crippen LogP contribution in [0.1, 0.15) is 39.5 Å². The molecule has 0 radical (unpaired) electrons. The van der Waals surface area contributed by atoms with Crippen molar-refractivity contribution in [2.45, 2.75) is 50.8 Å². The summed E-state index contributed by atoms with van der Waals surface area (Å²) in [5.74, 6) is -0.247. The molecular weight excluding hydrogens is 292 g/mol. The Hall–Kier alpha value is -0.143. The van der Waals surface area contributed by atoms with Gasteiger partial charge < -0.3 is 13.6 Å². The summed E-state index contributed by atoms with van der Waals surface area (Å²) in [6.07, 6.45) is 2.78. The SMILES string of the molecule is CCCC1(OC)C(C(=O)CC)C(=S)CC[Si]1(OC)OC. The Kier molecular flexibility index (Phi) is 6.47. The maximum atomic E-state index is 12.5. The van der Waals surface area contributed by atoms with Gasteiger partial charge in [0.25, 0.3) is 0 Å². The molecule has 0 aliphatic carbocycles. The molecule has 1 rings (SSSR count). The van der Waals surface area contributed by atoms with E-state index in [2.05, 4.69) is 6.92 Å². The van der Waals surface area contributed by atoms with Crippen LogP contribution in [0.25, 0.3) is 0 Å². The highest BCUT2D eigenvalue weighted by atomic mass is 32.1. The second-order valence-electron chi connectivity index (χ2n) is 5.22. The van der Waals surface area contributed by atoms with E-state index >= 15 is 0 Å². The minimum atomic E-state index is -2.65. The number of carbonyl (C=O) groups excluding carboxylic acids is 1. The van der Waals surface area contributed by atoms with Gasteiger partial charge in [-0.1, -0.05) is 32.5 Å². The smallest absolute Gasteiger partial charge is 0.372 e. The molecule has 1 aliphatic heterocycles. The lowest BCUT2D eigenvalue weighted by Crippen LogP contribution is -2.71. The molecule has 2 atom stereocenters. The monoisotopic (exact) mass is 318 g/mol. The molecule has 1 heterocycles. The van der Waals surface area contributed by atoms with Gasteiger partial charge in [-0.05, 0) is 18.9 Å². The van der Waals surface area contributed by atoms with Crippen molar-refractivity contribution in [2.75, 3.05) is 21.3 Å². The zero-order chi connectivity index (χ0) is 15.4. The number of ether oxygens (including phenoxy) is 1. The summed E-state index contributed by atoms with van der Waals surface area (Å²) in [4.78, 5) is 13.3. The normalized spacial score (nSPS) is 29.4. The van der Waals surface area contributed by atoms with E-state index in [9.17, 15) is 4.79 Å². The van der Waals surface area contributed by atoms with Crippen molar-refractivity contribution < 1.29 is 18.4 Å². The molecule has 116 valence electrons. The number of Topliss-reactive ketones (excluding diaryl/α,β-unsaturated/α-hetero) is 1. The van der Waals surface area contributed by atoms with Crippen molar-refractivity contribution in [3.63, 3.8) is 0 Å². The maximum Gasteiger partial charge on any atom is 0.372 e. The van der Waals surface area contributed by atoms with Crippen LogP contribution in [0.4, 0.5) is 0 Å². The number of rotatable bonds is 7. The van der Waals surface area contributed by atoms with Crippen LogP contribution in [-0.4, -0.2) is 45.8 Å². The molecule has 0 spiro atoms. The zero-order valence-electron chi connectivity index (χ0n) is 13.2. The summed E-state index contributed by atoms with van der Waals surface area (Å²) < 4.78 is 17.6. The van der Waals surface area contributed by atoms with Gasteiger partial charge in [0.15, 0.2) is 0 Å². The highest BCUT2D eigenvalue weighted by molar-refractivity contribution is 7.80. The highest BCUT2D eigenvalue weighted by Gasteiger charge is 2.65. The molecule has 20 heavy (non-hydrogen) atoms. The number of carbonyl (C=O) groups is 1. The summed E-state index contributed by atoms with van der Waals surface area (Å²) in [6, 6.07) is 0.750. The van der Waals surface area contributed by atoms with Gasteiger partial charge in [-0.3, -0.25) is 4.79 Å². The molecule has 4 nitrogen and oxygen atoms in total. The topological polar surface area (TPSA) is 44.8 Å². The molecule has 0 amide bonds. The van der Waals surface area contributed by atoms with E-state index < -0.39 is 13.8 Å². The number of hydrogen-bond donors (Lipinski definition) is 0. The largest absolute Gasteiger partial charge is 0.396 e. The summed E-state index contributed by atoms with van der Waals surface area (Å²) in [5, 5.41) is -0.701. The Labute approximate surface area is 128 Å². The predicted molar refractivity (Wildman–Crippen MR) is 85.2 cm³/mol. The maximum absolute atomic E-state index is 12.5. The second-order valence-corrected chi connectivity index (χ2v) is 9.42. The Morgan fingerprint density at radius 2 is 1.95 bits per heavy atom. The molecule has 6 heteroatoms. The molecule has 1 aliphatic rings. The minimum Gasteiger partial charge on any atom is -0.396 e. The first-order chi connectivity index (χ1) is 9.48. The van der Waals surface area contributed by atoms with Crippen LogP contribution >= 0.6 is 12.2 Å². The average Bonchev–Trinajstić information content (AvgIpc) is 2.47. The fourth-order valence-corrected chi connectivity index (χ4v) is 8.20. The highest BCUT2D eigenvalue weighted by Crippen LogP contribution is 2.46. The number of methoxy groups -OCH3 is 1. The Bertz CT molecular complexity index is 362. The van der Waals surface area contributed by atoms with Crippen molar-refractivity contribution in [1.29, 1.82) is 0 Å². The molecule has 0 aromatic carbocycles. The van der Waals surface area contributed by atoms with Gasteiger partial charge in [-0.15, -0.1) is 0 Å². The third kappa shape index (κ3) is 2.64. The van der Waals surface area contributed by atoms with Crippen molar-refractivity contribution in [1.82, 2.24) is 0 Å².